The minimum Gasteiger partial charge on any atom is -0.490 e. The summed E-state index contributed by atoms with van der Waals surface area (Å²) in [6.07, 6.45) is 0.938. The minimum atomic E-state index is 0. The average Bonchev–Trinajstić information content (AvgIpc) is 2.47. The number of aliphatic imine (C=N–C) groups is 1. The molecule has 0 bridgehead atoms. The van der Waals surface area contributed by atoms with Crippen molar-refractivity contribution in [1.82, 2.24) is 10.6 Å². The monoisotopic (exact) mass is 427 g/mol. The van der Waals surface area contributed by atoms with Gasteiger partial charge in [-0.1, -0.05) is 23.7 Å². The van der Waals surface area contributed by atoms with Gasteiger partial charge in [-0.2, -0.15) is 0 Å². The van der Waals surface area contributed by atoms with E-state index in [0.29, 0.717) is 23.9 Å². The predicted octanol–water partition coefficient (Wildman–Crippen LogP) is 2.54. The Kier molecular flexibility index (Phi) is 12.5. The van der Waals surface area contributed by atoms with E-state index < -0.39 is 0 Å². The summed E-state index contributed by atoms with van der Waals surface area (Å²) in [6.45, 7) is 2.72. The summed E-state index contributed by atoms with van der Waals surface area (Å²) in [4.78, 5) is 4.12. The molecule has 0 heterocycles. The maximum Gasteiger partial charge on any atom is 0.191 e. The quantitative estimate of drug-likeness (QED) is 0.290. The standard InChI is InChI=1S/C14H22ClN3O2.HI/c1-16-14(17-8-5-10-19-2)18-9-11-20-13-7-4-3-6-12(13)15;/h3-4,6-7H,5,8-11H2,1-2H3,(H2,16,17,18);1H. The van der Waals surface area contributed by atoms with E-state index in [-0.39, 0.29) is 24.0 Å². The molecule has 0 amide bonds. The molecule has 120 valence electrons. The molecule has 1 aromatic carbocycles. The van der Waals surface area contributed by atoms with E-state index in [2.05, 4.69) is 15.6 Å². The smallest absolute Gasteiger partial charge is 0.191 e. The molecule has 0 aliphatic carbocycles. The van der Waals surface area contributed by atoms with E-state index in [4.69, 9.17) is 21.1 Å². The maximum absolute atomic E-state index is 6.00. The largest absolute Gasteiger partial charge is 0.490 e. The molecule has 5 nitrogen and oxygen atoms in total. The van der Waals surface area contributed by atoms with Crippen LogP contribution in [0.3, 0.4) is 0 Å². The number of ether oxygens (including phenoxy) is 2. The third-order valence-electron chi connectivity index (χ3n) is 2.53. The lowest BCUT2D eigenvalue weighted by atomic mass is 10.3. The number of nitrogens with one attached hydrogen (secondary N) is 2. The second-order valence-corrected chi connectivity index (χ2v) is 4.46. The van der Waals surface area contributed by atoms with E-state index in [9.17, 15) is 0 Å². The molecule has 0 aliphatic rings. The average molecular weight is 428 g/mol. The van der Waals surface area contributed by atoms with Crippen molar-refractivity contribution >= 4 is 41.5 Å². The highest BCUT2D eigenvalue weighted by Crippen LogP contribution is 2.22. The van der Waals surface area contributed by atoms with E-state index in [0.717, 1.165) is 25.5 Å². The van der Waals surface area contributed by atoms with Crippen LogP contribution in [0.25, 0.3) is 0 Å². The molecule has 21 heavy (non-hydrogen) atoms. The fourth-order valence-corrected chi connectivity index (χ4v) is 1.73. The van der Waals surface area contributed by atoms with Crippen LogP contribution in [0, 0.1) is 0 Å². The van der Waals surface area contributed by atoms with Gasteiger partial charge >= 0.3 is 0 Å². The van der Waals surface area contributed by atoms with Crippen molar-refractivity contribution < 1.29 is 9.47 Å². The van der Waals surface area contributed by atoms with Crippen molar-refractivity contribution in [2.24, 2.45) is 4.99 Å². The van der Waals surface area contributed by atoms with Crippen LogP contribution in [0.1, 0.15) is 6.42 Å². The van der Waals surface area contributed by atoms with Crippen LogP contribution in [0.4, 0.5) is 0 Å². The van der Waals surface area contributed by atoms with Crippen LogP contribution in [0.15, 0.2) is 29.3 Å². The van der Waals surface area contributed by atoms with Crippen molar-refractivity contribution in [2.45, 2.75) is 6.42 Å². The Morgan fingerprint density at radius 3 is 2.57 bits per heavy atom. The highest BCUT2D eigenvalue weighted by molar-refractivity contribution is 14.0. The van der Waals surface area contributed by atoms with Crippen LogP contribution in [-0.4, -0.2) is 46.4 Å². The summed E-state index contributed by atoms with van der Waals surface area (Å²) in [5.41, 5.74) is 0. The molecule has 0 radical (unpaired) electrons. The molecule has 0 saturated carbocycles. The lowest BCUT2D eigenvalue weighted by molar-refractivity contribution is 0.195. The third kappa shape index (κ3) is 9.00. The van der Waals surface area contributed by atoms with Crippen molar-refractivity contribution in [1.29, 1.82) is 0 Å². The van der Waals surface area contributed by atoms with Gasteiger partial charge in [0.15, 0.2) is 5.96 Å². The zero-order valence-electron chi connectivity index (χ0n) is 12.4. The highest BCUT2D eigenvalue weighted by Gasteiger charge is 2.00. The lowest BCUT2D eigenvalue weighted by Gasteiger charge is -2.12. The van der Waals surface area contributed by atoms with Crippen molar-refractivity contribution in [3.8, 4) is 5.75 Å². The Morgan fingerprint density at radius 2 is 1.90 bits per heavy atom. The first-order valence-corrected chi connectivity index (χ1v) is 6.96. The van der Waals surface area contributed by atoms with E-state index in [1.165, 1.54) is 0 Å². The molecular formula is C14H23ClIN3O2. The minimum absolute atomic E-state index is 0. The molecule has 0 unspecified atom stereocenters. The van der Waals surface area contributed by atoms with Gasteiger partial charge in [0.2, 0.25) is 0 Å². The Bertz CT molecular complexity index is 419. The normalized spacial score (nSPS) is 10.7. The fraction of sp³-hybridized carbons (Fsp3) is 0.500. The van der Waals surface area contributed by atoms with Gasteiger partial charge in [0, 0.05) is 27.3 Å². The van der Waals surface area contributed by atoms with Crippen molar-refractivity contribution in [2.75, 3.05) is 40.5 Å². The van der Waals surface area contributed by atoms with Gasteiger partial charge in [0.25, 0.3) is 0 Å². The molecule has 0 fully saturated rings. The maximum atomic E-state index is 6.00. The van der Waals surface area contributed by atoms with Gasteiger partial charge in [-0.3, -0.25) is 4.99 Å². The molecule has 0 spiro atoms. The van der Waals surface area contributed by atoms with Crippen molar-refractivity contribution in [3.63, 3.8) is 0 Å². The molecular weight excluding hydrogens is 405 g/mol. The summed E-state index contributed by atoms with van der Waals surface area (Å²) in [5.74, 6) is 1.45. The highest BCUT2D eigenvalue weighted by atomic mass is 127. The Balaban J connectivity index is 0.00000400. The molecule has 0 aliphatic heterocycles. The number of nitrogens with zero attached hydrogens (tertiary/aromatic N) is 1. The number of methoxy groups -OCH3 is 1. The Morgan fingerprint density at radius 1 is 1.19 bits per heavy atom. The number of rotatable bonds is 8. The summed E-state index contributed by atoms with van der Waals surface area (Å²) in [6, 6.07) is 7.42. The fourth-order valence-electron chi connectivity index (χ4n) is 1.54. The van der Waals surface area contributed by atoms with Gasteiger partial charge < -0.3 is 20.1 Å². The Labute approximate surface area is 148 Å². The molecule has 2 N–H and O–H groups in total. The zero-order chi connectivity index (χ0) is 14.6. The molecule has 0 aromatic heterocycles. The first kappa shape index (κ1) is 20.3. The number of hydrogen-bond donors (Lipinski definition) is 2. The number of hydrogen-bond acceptors (Lipinski definition) is 3. The molecule has 7 heteroatoms. The van der Waals surface area contributed by atoms with Crippen LogP contribution >= 0.6 is 35.6 Å². The van der Waals surface area contributed by atoms with Crippen molar-refractivity contribution in [3.05, 3.63) is 29.3 Å². The predicted molar refractivity (Wildman–Crippen MR) is 98.2 cm³/mol. The third-order valence-corrected chi connectivity index (χ3v) is 2.84. The Hall–Kier alpha value is -0.730. The molecule has 1 aromatic rings. The van der Waals surface area contributed by atoms with E-state index in [1.807, 2.05) is 18.2 Å². The van der Waals surface area contributed by atoms with Gasteiger partial charge in [-0.05, 0) is 18.6 Å². The SMILES string of the molecule is CN=C(NCCCOC)NCCOc1ccccc1Cl.I. The number of guanidine groups is 1. The van der Waals surface area contributed by atoms with E-state index in [1.54, 1.807) is 20.2 Å². The molecule has 0 atom stereocenters. The summed E-state index contributed by atoms with van der Waals surface area (Å²) in [5, 5.41) is 6.98. The first-order chi connectivity index (χ1) is 9.77. The second-order valence-electron chi connectivity index (χ2n) is 4.05. The number of para-hydroxylation sites is 1. The topological polar surface area (TPSA) is 54.9 Å². The summed E-state index contributed by atoms with van der Waals surface area (Å²) in [7, 11) is 3.43. The van der Waals surface area contributed by atoms with Gasteiger partial charge in [-0.25, -0.2) is 0 Å². The lowest BCUT2D eigenvalue weighted by Crippen LogP contribution is -2.39. The van der Waals surface area contributed by atoms with Crippen LogP contribution in [0.2, 0.25) is 5.02 Å². The van der Waals surface area contributed by atoms with Crippen LogP contribution < -0.4 is 15.4 Å². The first-order valence-electron chi connectivity index (χ1n) is 6.58. The van der Waals surface area contributed by atoms with Crippen LogP contribution in [-0.2, 0) is 4.74 Å². The molecule has 1 rings (SSSR count). The zero-order valence-corrected chi connectivity index (χ0v) is 15.5. The number of benzene rings is 1. The van der Waals surface area contributed by atoms with Gasteiger partial charge in [0.1, 0.15) is 12.4 Å². The van der Waals surface area contributed by atoms with Gasteiger partial charge in [-0.15, -0.1) is 24.0 Å². The summed E-state index contributed by atoms with van der Waals surface area (Å²) >= 11 is 6.00. The van der Waals surface area contributed by atoms with Gasteiger partial charge in [0.05, 0.1) is 11.6 Å². The van der Waals surface area contributed by atoms with E-state index >= 15 is 0 Å². The number of halogens is 2. The molecule has 0 saturated heterocycles. The summed E-state index contributed by atoms with van der Waals surface area (Å²) < 4.78 is 10.6. The van der Waals surface area contributed by atoms with Crippen LogP contribution in [0.5, 0.6) is 5.75 Å². The second kappa shape index (κ2) is 13.0.